The first kappa shape index (κ1) is 17.3. The van der Waals surface area contributed by atoms with Crippen molar-refractivity contribution >= 4 is 27.5 Å². The maximum Gasteiger partial charge on any atom is 0.116 e. The monoisotopic (exact) mass is 403 g/mol. The van der Waals surface area contributed by atoms with Gasteiger partial charge in [0.25, 0.3) is 0 Å². The molecular formula is C24H17N7. The van der Waals surface area contributed by atoms with Crippen LogP contribution < -0.4 is 5.73 Å². The molecule has 0 saturated heterocycles. The molecule has 148 valence electrons. The number of hydrogen-bond acceptors (Lipinski definition) is 5. The summed E-state index contributed by atoms with van der Waals surface area (Å²) in [6.45, 7) is 0. The van der Waals surface area contributed by atoms with Gasteiger partial charge in [0, 0.05) is 58.4 Å². The van der Waals surface area contributed by atoms with E-state index in [2.05, 4.69) is 42.3 Å². The van der Waals surface area contributed by atoms with E-state index >= 15 is 0 Å². The first-order valence-electron chi connectivity index (χ1n) is 9.83. The highest BCUT2D eigenvalue weighted by Crippen LogP contribution is 2.34. The molecule has 0 amide bonds. The van der Waals surface area contributed by atoms with Crippen molar-refractivity contribution in [3.8, 4) is 33.6 Å². The molecule has 4 N–H and O–H groups in total. The van der Waals surface area contributed by atoms with Crippen LogP contribution in [0.1, 0.15) is 0 Å². The fourth-order valence-corrected chi connectivity index (χ4v) is 3.95. The zero-order chi connectivity index (χ0) is 20.8. The molecule has 7 heteroatoms. The molecule has 6 rings (SSSR count). The van der Waals surface area contributed by atoms with Gasteiger partial charge in [0.15, 0.2) is 0 Å². The van der Waals surface area contributed by atoms with E-state index < -0.39 is 0 Å². The van der Waals surface area contributed by atoms with Gasteiger partial charge >= 0.3 is 0 Å². The smallest absolute Gasteiger partial charge is 0.116 e. The Morgan fingerprint density at radius 2 is 1.61 bits per heavy atom. The number of aromatic amines is 2. The van der Waals surface area contributed by atoms with Gasteiger partial charge in [-0.1, -0.05) is 12.1 Å². The van der Waals surface area contributed by atoms with E-state index in [-0.39, 0.29) is 0 Å². The number of anilines is 1. The van der Waals surface area contributed by atoms with Crippen molar-refractivity contribution in [3.05, 3.63) is 79.6 Å². The highest BCUT2D eigenvalue weighted by atomic mass is 15.1. The Bertz CT molecular complexity index is 1550. The molecule has 0 unspecified atom stereocenters. The van der Waals surface area contributed by atoms with Crippen molar-refractivity contribution < 1.29 is 0 Å². The minimum Gasteiger partial charge on any atom is -0.397 e. The van der Waals surface area contributed by atoms with Crippen molar-refractivity contribution in [1.29, 1.82) is 0 Å². The van der Waals surface area contributed by atoms with E-state index in [0.717, 1.165) is 55.4 Å². The molecule has 0 fully saturated rings. The lowest BCUT2D eigenvalue weighted by molar-refractivity contribution is 1.12. The first-order valence-corrected chi connectivity index (χ1v) is 9.83. The molecule has 0 aliphatic heterocycles. The Hall–Kier alpha value is -4.52. The van der Waals surface area contributed by atoms with Crippen LogP contribution in [-0.2, 0) is 0 Å². The lowest BCUT2D eigenvalue weighted by Gasteiger charge is -2.03. The Morgan fingerprint density at radius 1 is 0.710 bits per heavy atom. The largest absolute Gasteiger partial charge is 0.397 e. The molecule has 1 aromatic carbocycles. The van der Waals surface area contributed by atoms with Crippen LogP contribution in [0.15, 0.2) is 79.6 Å². The van der Waals surface area contributed by atoms with Crippen LogP contribution in [0.3, 0.4) is 0 Å². The maximum atomic E-state index is 5.92. The highest BCUT2D eigenvalue weighted by Gasteiger charge is 2.14. The fraction of sp³-hybridized carbons (Fsp3) is 0. The number of rotatable bonds is 3. The summed E-state index contributed by atoms with van der Waals surface area (Å²) in [6, 6.07) is 14.2. The third-order valence-electron chi connectivity index (χ3n) is 5.43. The lowest BCUT2D eigenvalue weighted by Crippen LogP contribution is -1.87. The third-order valence-corrected chi connectivity index (χ3v) is 5.43. The number of nitrogens with two attached hydrogens (primary N) is 1. The average Bonchev–Trinajstić information content (AvgIpc) is 3.43. The van der Waals surface area contributed by atoms with Gasteiger partial charge in [0.2, 0.25) is 0 Å². The second kappa shape index (κ2) is 6.77. The van der Waals surface area contributed by atoms with Crippen LogP contribution in [0.25, 0.3) is 55.4 Å². The molecule has 7 nitrogen and oxygen atoms in total. The summed E-state index contributed by atoms with van der Waals surface area (Å²) in [5.74, 6) is 0. The van der Waals surface area contributed by atoms with Crippen LogP contribution in [0.2, 0.25) is 0 Å². The minimum atomic E-state index is 0.635. The van der Waals surface area contributed by atoms with Crippen molar-refractivity contribution in [2.75, 3.05) is 5.73 Å². The molecule has 31 heavy (non-hydrogen) atoms. The number of nitrogen functional groups attached to an aromatic ring is 1. The van der Waals surface area contributed by atoms with Gasteiger partial charge in [-0.2, -0.15) is 5.10 Å². The van der Waals surface area contributed by atoms with Crippen molar-refractivity contribution in [1.82, 2.24) is 30.1 Å². The van der Waals surface area contributed by atoms with Gasteiger partial charge in [-0.05, 0) is 35.9 Å². The van der Waals surface area contributed by atoms with Gasteiger partial charge in [-0.25, -0.2) is 0 Å². The van der Waals surface area contributed by atoms with E-state index in [0.29, 0.717) is 5.69 Å². The van der Waals surface area contributed by atoms with Crippen LogP contribution in [-0.4, -0.2) is 30.1 Å². The molecule has 0 spiro atoms. The normalized spacial score (nSPS) is 11.4. The molecule has 0 radical (unpaired) electrons. The van der Waals surface area contributed by atoms with Gasteiger partial charge in [0.05, 0.1) is 28.6 Å². The number of benzene rings is 1. The molecule has 0 saturated carbocycles. The van der Waals surface area contributed by atoms with Crippen LogP contribution in [0, 0.1) is 0 Å². The summed E-state index contributed by atoms with van der Waals surface area (Å²) < 4.78 is 0. The second-order valence-electron chi connectivity index (χ2n) is 7.41. The predicted molar refractivity (Wildman–Crippen MR) is 122 cm³/mol. The first-order chi connectivity index (χ1) is 15.3. The van der Waals surface area contributed by atoms with E-state index in [4.69, 9.17) is 5.73 Å². The zero-order valence-electron chi connectivity index (χ0n) is 16.4. The Labute approximate surface area is 177 Å². The fourth-order valence-electron chi connectivity index (χ4n) is 3.95. The zero-order valence-corrected chi connectivity index (χ0v) is 16.4. The summed E-state index contributed by atoms with van der Waals surface area (Å²) in [5.41, 5.74) is 14.3. The Kier molecular flexibility index (Phi) is 3.79. The predicted octanol–water partition coefficient (Wildman–Crippen LogP) is 4.81. The van der Waals surface area contributed by atoms with Crippen LogP contribution in [0.4, 0.5) is 5.69 Å². The molecule has 0 aliphatic rings. The maximum absolute atomic E-state index is 5.92. The van der Waals surface area contributed by atoms with Crippen LogP contribution in [0.5, 0.6) is 0 Å². The summed E-state index contributed by atoms with van der Waals surface area (Å²) in [6.07, 6.45) is 10.8. The van der Waals surface area contributed by atoms with Gasteiger partial charge in [-0.3, -0.25) is 20.1 Å². The summed E-state index contributed by atoms with van der Waals surface area (Å²) >= 11 is 0. The molecule has 5 aromatic heterocycles. The average molecular weight is 403 g/mol. The standard InChI is InChI=1S/C24H17N7/c25-17-6-16(10-27-11-17)14-3-4-21-19(7-14)24(31-30-21)22-8-18-20(12-28-13-23(18)29-22)15-2-1-5-26-9-15/h1-13,29H,25H2,(H,30,31). The van der Waals surface area contributed by atoms with E-state index in [1.54, 1.807) is 12.4 Å². The topological polar surface area (TPSA) is 109 Å². The number of hydrogen-bond donors (Lipinski definition) is 3. The Morgan fingerprint density at radius 3 is 2.48 bits per heavy atom. The van der Waals surface area contributed by atoms with Crippen molar-refractivity contribution in [2.45, 2.75) is 0 Å². The van der Waals surface area contributed by atoms with Gasteiger partial charge < -0.3 is 10.7 Å². The number of nitrogens with one attached hydrogen (secondary N) is 2. The summed E-state index contributed by atoms with van der Waals surface area (Å²) in [4.78, 5) is 16.3. The molecule has 0 aliphatic carbocycles. The molecule has 0 bridgehead atoms. The second-order valence-corrected chi connectivity index (χ2v) is 7.41. The summed E-state index contributed by atoms with van der Waals surface area (Å²) in [5, 5.41) is 9.81. The molecule has 5 heterocycles. The molecular weight excluding hydrogens is 386 g/mol. The summed E-state index contributed by atoms with van der Waals surface area (Å²) in [7, 11) is 0. The number of H-pyrrole nitrogens is 2. The number of pyridine rings is 3. The minimum absolute atomic E-state index is 0.635. The lowest BCUT2D eigenvalue weighted by atomic mass is 10.0. The molecule has 0 atom stereocenters. The van der Waals surface area contributed by atoms with Crippen molar-refractivity contribution in [3.63, 3.8) is 0 Å². The van der Waals surface area contributed by atoms with Gasteiger partial charge in [0.1, 0.15) is 5.69 Å². The highest BCUT2D eigenvalue weighted by molar-refractivity contribution is 6.01. The van der Waals surface area contributed by atoms with E-state index in [1.165, 1.54) is 0 Å². The Balaban J connectivity index is 1.51. The quantitative estimate of drug-likeness (QED) is 0.393. The molecule has 6 aromatic rings. The van der Waals surface area contributed by atoms with Crippen molar-refractivity contribution in [2.24, 2.45) is 0 Å². The SMILES string of the molecule is Nc1cncc(-c2ccc3[nH]nc(-c4cc5c(-c6cccnc6)cncc5[nH]4)c3c2)c1. The van der Waals surface area contributed by atoms with Gasteiger partial charge in [-0.15, -0.1) is 0 Å². The van der Waals surface area contributed by atoms with E-state index in [1.807, 2.05) is 55.1 Å². The van der Waals surface area contributed by atoms with Crippen LogP contribution >= 0.6 is 0 Å². The third kappa shape index (κ3) is 2.91. The number of fused-ring (bicyclic) bond motifs is 2. The number of aromatic nitrogens is 6. The number of nitrogens with zero attached hydrogens (tertiary/aromatic N) is 4. The van der Waals surface area contributed by atoms with E-state index in [9.17, 15) is 0 Å².